The Bertz CT molecular complexity index is 1220. The van der Waals surface area contributed by atoms with Gasteiger partial charge < -0.3 is 20.4 Å². The van der Waals surface area contributed by atoms with Gasteiger partial charge in [-0.25, -0.2) is 4.98 Å². The van der Waals surface area contributed by atoms with E-state index in [9.17, 15) is 18.0 Å². The number of amides is 1. The highest BCUT2D eigenvalue weighted by molar-refractivity contribution is 5.99. The number of nitrogens with zero attached hydrogens (tertiary/aromatic N) is 2. The number of nitrogens with one attached hydrogen (secondary N) is 1. The van der Waals surface area contributed by atoms with Gasteiger partial charge in [-0.15, -0.1) is 13.2 Å². The number of imidazole rings is 1. The summed E-state index contributed by atoms with van der Waals surface area (Å²) in [4.78, 5) is 16.7. The number of nitrogens with two attached hydrogens (primary N) is 1. The minimum absolute atomic E-state index is 0.148. The van der Waals surface area contributed by atoms with E-state index in [1.54, 1.807) is 6.07 Å². The Morgan fingerprint density at radius 1 is 1.18 bits per heavy atom. The van der Waals surface area contributed by atoms with Crippen LogP contribution in [0.3, 0.4) is 0 Å². The molecule has 1 aromatic heterocycles. The molecule has 0 aliphatic heterocycles. The number of rotatable bonds is 5. The standard InChI is InChI=1S/C25H29F3N4O2/c1-14-11-17(13-24(3,4)12-14)32-20-10-9-19(22(29)33)15(2)21(20)31-23(32)30-16-5-7-18(8-6-16)34-25(26,27)28/h5-10,14,17H,11-13H2,1-4H3,(H2,29,33)(H,30,31)/t14-,17?/m1/s1. The van der Waals surface area contributed by atoms with Crippen molar-refractivity contribution in [3.05, 3.63) is 47.5 Å². The van der Waals surface area contributed by atoms with E-state index in [-0.39, 0.29) is 17.2 Å². The summed E-state index contributed by atoms with van der Waals surface area (Å²) in [6.07, 6.45) is -1.70. The first kappa shape index (κ1) is 23.9. The monoisotopic (exact) mass is 474 g/mol. The molecule has 3 aromatic rings. The summed E-state index contributed by atoms with van der Waals surface area (Å²) in [5.41, 5.74) is 8.94. The maximum Gasteiger partial charge on any atom is 0.573 e. The van der Waals surface area contributed by atoms with Crippen molar-refractivity contribution in [3.8, 4) is 5.75 Å². The van der Waals surface area contributed by atoms with Crippen LogP contribution in [-0.2, 0) is 0 Å². The van der Waals surface area contributed by atoms with Crippen LogP contribution in [0.15, 0.2) is 36.4 Å². The molecule has 2 atom stereocenters. The number of halogens is 3. The van der Waals surface area contributed by atoms with Crippen molar-refractivity contribution in [1.82, 2.24) is 9.55 Å². The number of fused-ring (bicyclic) bond motifs is 1. The number of ether oxygens (including phenoxy) is 1. The summed E-state index contributed by atoms with van der Waals surface area (Å²) in [6, 6.07) is 9.30. The van der Waals surface area contributed by atoms with E-state index in [4.69, 9.17) is 10.7 Å². The lowest BCUT2D eigenvalue weighted by atomic mass is 9.70. The predicted octanol–water partition coefficient (Wildman–Crippen LogP) is 6.47. The molecule has 2 aromatic carbocycles. The van der Waals surface area contributed by atoms with Gasteiger partial charge in [0.05, 0.1) is 11.0 Å². The van der Waals surface area contributed by atoms with Crippen molar-refractivity contribution in [2.75, 3.05) is 5.32 Å². The predicted molar refractivity (Wildman–Crippen MR) is 125 cm³/mol. The van der Waals surface area contributed by atoms with Crippen LogP contribution in [0.1, 0.15) is 62.0 Å². The highest BCUT2D eigenvalue weighted by Crippen LogP contribution is 2.46. The molecule has 4 rings (SSSR count). The van der Waals surface area contributed by atoms with E-state index in [2.05, 4.69) is 35.4 Å². The molecule has 34 heavy (non-hydrogen) atoms. The van der Waals surface area contributed by atoms with E-state index in [0.717, 1.165) is 24.8 Å². The van der Waals surface area contributed by atoms with Gasteiger partial charge >= 0.3 is 6.36 Å². The lowest BCUT2D eigenvalue weighted by Crippen LogP contribution is -2.29. The molecule has 1 unspecified atom stereocenters. The molecule has 0 spiro atoms. The number of carbonyl (C=O) groups excluding carboxylic acids is 1. The van der Waals surface area contributed by atoms with E-state index < -0.39 is 12.3 Å². The number of aryl methyl sites for hydroxylation is 1. The number of carbonyl (C=O) groups is 1. The highest BCUT2D eigenvalue weighted by atomic mass is 19.4. The Hall–Kier alpha value is -3.23. The number of primary amides is 1. The fourth-order valence-electron chi connectivity index (χ4n) is 5.38. The molecule has 1 aliphatic rings. The van der Waals surface area contributed by atoms with Crippen molar-refractivity contribution in [2.24, 2.45) is 17.1 Å². The van der Waals surface area contributed by atoms with Gasteiger partial charge in [0.2, 0.25) is 11.9 Å². The molecule has 1 amide bonds. The molecular weight excluding hydrogens is 445 g/mol. The Labute approximate surface area is 196 Å². The van der Waals surface area contributed by atoms with Crippen LogP contribution in [0.4, 0.5) is 24.8 Å². The molecule has 0 radical (unpaired) electrons. The van der Waals surface area contributed by atoms with Crippen molar-refractivity contribution < 1.29 is 22.7 Å². The van der Waals surface area contributed by atoms with Gasteiger partial charge in [-0.05, 0) is 79.5 Å². The Morgan fingerprint density at radius 2 is 1.85 bits per heavy atom. The Kier molecular flexibility index (Phi) is 5.99. The second kappa shape index (κ2) is 8.52. The smallest absolute Gasteiger partial charge is 0.406 e. The summed E-state index contributed by atoms with van der Waals surface area (Å²) in [5.74, 6) is 0.274. The van der Waals surface area contributed by atoms with E-state index in [1.807, 2.05) is 13.0 Å². The number of alkyl halides is 3. The quantitative estimate of drug-likeness (QED) is 0.444. The molecule has 9 heteroatoms. The first-order valence-electron chi connectivity index (χ1n) is 11.3. The third kappa shape index (κ3) is 4.98. The summed E-state index contributed by atoms with van der Waals surface area (Å²) in [5, 5.41) is 3.27. The van der Waals surface area contributed by atoms with Crippen molar-refractivity contribution >= 4 is 28.6 Å². The van der Waals surface area contributed by atoms with E-state index >= 15 is 0 Å². The molecule has 1 saturated carbocycles. The van der Waals surface area contributed by atoms with Crippen LogP contribution < -0.4 is 15.8 Å². The fourth-order valence-corrected chi connectivity index (χ4v) is 5.38. The second-order valence-electron chi connectivity index (χ2n) is 10.0. The zero-order chi connectivity index (χ0) is 24.8. The summed E-state index contributed by atoms with van der Waals surface area (Å²) >= 11 is 0. The van der Waals surface area contributed by atoms with Crippen LogP contribution in [-0.4, -0.2) is 21.8 Å². The SMILES string of the molecule is Cc1c(C(N)=O)ccc2c1nc(Nc1ccc(OC(F)(F)F)cc1)n2C1C[C@@H](C)CC(C)(C)C1. The van der Waals surface area contributed by atoms with Gasteiger partial charge in [0.25, 0.3) is 0 Å². The van der Waals surface area contributed by atoms with Crippen LogP contribution in [0.2, 0.25) is 0 Å². The molecule has 0 saturated heterocycles. The third-order valence-electron chi connectivity index (χ3n) is 6.45. The minimum atomic E-state index is -4.75. The Balaban J connectivity index is 1.78. The normalized spacial score (nSPS) is 20.3. The maximum absolute atomic E-state index is 12.5. The minimum Gasteiger partial charge on any atom is -0.406 e. The van der Waals surface area contributed by atoms with E-state index in [1.165, 1.54) is 24.3 Å². The fraction of sp³-hybridized carbons (Fsp3) is 0.440. The molecule has 3 N–H and O–H groups in total. The maximum atomic E-state index is 12.5. The Morgan fingerprint density at radius 3 is 2.44 bits per heavy atom. The lowest BCUT2D eigenvalue weighted by Gasteiger charge is -2.40. The molecule has 1 fully saturated rings. The summed E-state index contributed by atoms with van der Waals surface area (Å²) in [6.45, 7) is 8.59. The zero-order valence-corrected chi connectivity index (χ0v) is 19.7. The average molecular weight is 475 g/mol. The van der Waals surface area contributed by atoms with Gasteiger partial charge in [0.1, 0.15) is 5.75 Å². The first-order chi connectivity index (χ1) is 15.8. The zero-order valence-electron chi connectivity index (χ0n) is 19.7. The van der Waals surface area contributed by atoms with Gasteiger partial charge in [0.15, 0.2) is 0 Å². The number of hydrogen-bond acceptors (Lipinski definition) is 4. The van der Waals surface area contributed by atoms with Crippen molar-refractivity contribution in [3.63, 3.8) is 0 Å². The highest BCUT2D eigenvalue weighted by Gasteiger charge is 2.35. The van der Waals surface area contributed by atoms with Crippen LogP contribution in [0, 0.1) is 18.3 Å². The number of benzene rings is 2. The molecule has 182 valence electrons. The van der Waals surface area contributed by atoms with Gasteiger partial charge in [0, 0.05) is 17.3 Å². The van der Waals surface area contributed by atoms with Crippen LogP contribution in [0.5, 0.6) is 5.75 Å². The molecule has 0 bridgehead atoms. The van der Waals surface area contributed by atoms with Gasteiger partial charge in [-0.1, -0.05) is 20.8 Å². The molecular formula is C25H29F3N4O2. The summed E-state index contributed by atoms with van der Waals surface area (Å²) in [7, 11) is 0. The van der Waals surface area contributed by atoms with Crippen molar-refractivity contribution in [2.45, 2.75) is 59.4 Å². The molecule has 1 aliphatic carbocycles. The first-order valence-corrected chi connectivity index (χ1v) is 11.3. The molecule has 1 heterocycles. The number of hydrogen-bond donors (Lipinski definition) is 2. The largest absolute Gasteiger partial charge is 0.573 e. The topological polar surface area (TPSA) is 82.2 Å². The van der Waals surface area contributed by atoms with Gasteiger partial charge in [-0.2, -0.15) is 0 Å². The number of anilines is 2. The van der Waals surface area contributed by atoms with Crippen LogP contribution >= 0.6 is 0 Å². The third-order valence-corrected chi connectivity index (χ3v) is 6.45. The van der Waals surface area contributed by atoms with Gasteiger partial charge in [-0.3, -0.25) is 4.79 Å². The number of aromatic nitrogens is 2. The van der Waals surface area contributed by atoms with Crippen molar-refractivity contribution in [1.29, 1.82) is 0 Å². The molecule has 6 nitrogen and oxygen atoms in total. The van der Waals surface area contributed by atoms with E-state index in [0.29, 0.717) is 34.2 Å². The second-order valence-corrected chi connectivity index (χ2v) is 10.0. The average Bonchev–Trinajstić information content (AvgIpc) is 3.06. The lowest BCUT2D eigenvalue weighted by molar-refractivity contribution is -0.274. The summed E-state index contributed by atoms with van der Waals surface area (Å²) < 4.78 is 43.6. The van der Waals surface area contributed by atoms with Crippen LogP contribution in [0.25, 0.3) is 11.0 Å².